The van der Waals surface area contributed by atoms with Gasteiger partial charge in [0.1, 0.15) is 11.6 Å². The Bertz CT molecular complexity index is 411. The third-order valence-corrected chi connectivity index (χ3v) is 3.06. The van der Waals surface area contributed by atoms with Crippen molar-refractivity contribution in [3.8, 4) is 0 Å². The Morgan fingerprint density at radius 3 is 2.47 bits per heavy atom. The van der Waals surface area contributed by atoms with E-state index in [4.69, 9.17) is 5.11 Å². The maximum Gasteiger partial charge on any atom is 0.314 e. The van der Waals surface area contributed by atoms with Gasteiger partial charge in [-0.2, -0.15) is 0 Å². The normalized spacial score (nSPS) is 18.3. The van der Waals surface area contributed by atoms with Crippen LogP contribution in [0.3, 0.4) is 0 Å². The van der Waals surface area contributed by atoms with Crippen molar-refractivity contribution in [1.29, 1.82) is 0 Å². The number of hydrogen-bond donors (Lipinski definition) is 1. The monoisotopic (exact) mass is 212 g/mol. The van der Waals surface area contributed by atoms with E-state index in [1.165, 1.54) is 0 Å². The maximum atomic E-state index is 13.4. The molecular formula is C11H10F2O2. The van der Waals surface area contributed by atoms with Crippen molar-refractivity contribution in [3.05, 3.63) is 35.4 Å². The van der Waals surface area contributed by atoms with Crippen LogP contribution in [0.1, 0.15) is 24.8 Å². The van der Waals surface area contributed by atoms with E-state index in [1.807, 2.05) is 0 Å². The summed E-state index contributed by atoms with van der Waals surface area (Å²) in [6, 6.07) is 2.96. The van der Waals surface area contributed by atoms with Gasteiger partial charge >= 0.3 is 5.97 Å². The summed E-state index contributed by atoms with van der Waals surface area (Å²) in [4.78, 5) is 11.1. The highest BCUT2D eigenvalue weighted by molar-refractivity contribution is 5.82. The molecule has 2 rings (SSSR count). The number of carboxylic acid groups (broad SMARTS) is 1. The van der Waals surface area contributed by atoms with Crippen LogP contribution < -0.4 is 0 Å². The minimum atomic E-state index is -1.20. The lowest BCUT2D eigenvalue weighted by atomic mass is 9.64. The molecule has 15 heavy (non-hydrogen) atoms. The molecule has 0 heterocycles. The molecule has 0 spiro atoms. The fraction of sp³-hybridized carbons (Fsp3) is 0.364. The van der Waals surface area contributed by atoms with Crippen LogP contribution in [0.4, 0.5) is 8.78 Å². The quantitative estimate of drug-likeness (QED) is 0.817. The molecule has 0 saturated heterocycles. The van der Waals surface area contributed by atoms with Gasteiger partial charge in [0.15, 0.2) is 0 Å². The van der Waals surface area contributed by atoms with Crippen molar-refractivity contribution in [1.82, 2.24) is 0 Å². The van der Waals surface area contributed by atoms with E-state index in [0.717, 1.165) is 24.6 Å². The van der Waals surface area contributed by atoms with Crippen molar-refractivity contribution >= 4 is 5.97 Å². The third kappa shape index (κ3) is 1.40. The van der Waals surface area contributed by atoms with E-state index in [-0.39, 0.29) is 5.56 Å². The standard InChI is InChI=1S/C11H10F2O2/c12-7-2-3-9(13)8(6-7)11(10(14)15)4-1-5-11/h2-3,6H,1,4-5H2,(H,14,15). The zero-order valence-corrected chi connectivity index (χ0v) is 7.96. The van der Waals surface area contributed by atoms with Gasteiger partial charge in [0, 0.05) is 5.56 Å². The first-order valence-electron chi connectivity index (χ1n) is 4.75. The first kappa shape index (κ1) is 10.1. The molecule has 2 nitrogen and oxygen atoms in total. The minimum absolute atomic E-state index is 0.0266. The molecule has 0 radical (unpaired) electrons. The molecule has 80 valence electrons. The van der Waals surface area contributed by atoms with Crippen LogP contribution in [0.15, 0.2) is 18.2 Å². The highest BCUT2D eigenvalue weighted by Gasteiger charge is 2.47. The Kier molecular flexibility index (Phi) is 2.21. The molecule has 1 aromatic rings. The van der Waals surface area contributed by atoms with Crippen LogP contribution in [0, 0.1) is 11.6 Å². The van der Waals surface area contributed by atoms with E-state index in [1.54, 1.807) is 0 Å². The van der Waals surface area contributed by atoms with Gasteiger partial charge in [0.2, 0.25) is 0 Å². The van der Waals surface area contributed by atoms with Gasteiger partial charge in [-0.15, -0.1) is 0 Å². The number of carbonyl (C=O) groups is 1. The second-order valence-corrected chi connectivity index (χ2v) is 3.86. The Morgan fingerprint density at radius 1 is 1.33 bits per heavy atom. The van der Waals surface area contributed by atoms with Crippen LogP contribution >= 0.6 is 0 Å². The molecule has 0 unspecified atom stereocenters. The highest BCUT2D eigenvalue weighted by atomic mass is 19.1. The molecule has 4 heteroatoms. The average Bonchev–Trinajstić information content (AvgIpc) is 2.08. The molecule has 0 amide bonds. The topological polar surface area (TPSA) is 37.3 Å². The van der Waals surface area contributed by atoms with Crippen molar-refractivity contribution in [2.24, 2.45) is 0 Å². The number of aliphatic carboxylic acids is 1. The van der Waals surface area contributed by atoms with Crippen LogP contribution in [0.2, 0.25) is 0 Å². The SMILES string of the molecule is O=C(O)C1(c2cc(F)ccc2F)CCC1. The van der Waals surface area contributed by atoms with Crippen LogP contribution in [0.25, 0.3) is 0 Å². The van der Waals surface area contributed by atoms with Gasteiger partial charge in [0.25, 0.3) is 0 Å². The molecule has 1 fully saturated rings. The number of carboxylic acids is 1. The predicted octanol–water partition coefficient (Wildman–Crippen LogP) is 2.47. The molecule has 1 N–H and O–H groups in total. The molecule has 1 saturated carbocycles. The van der Waals surface area contributed by atoms with Crippen molar-refractivity contribution < 1.29 is 18.7 Å². The largest absolute Gasteiger partial charge is 0.481 e. The summed E-state index contributed by atoms with van der Waals surface area (Å²) in [7, 11) is 0. The Balaban J connectivity index is 2.51. The number of benzene rings is 1. The maximum absolute atomic E-state index is 13.4. The van der Waals surface area contributed by atoms with Crippen LogP contribution in [-0.2, 0) is 10.2 Å². The third-order valence-electron chi connectivity index (χ3n) is 3.06. The van der Waals surface area contributed by atoms with Gasteiger partial charge < -0.3 is 5.11 Å². The lowest BCUT2D eigenvalue weighted by Gasteiger charge is -2.38. The summed E-state index contributed by atoms with van der Waals surface area (Å²) in [6.07, 6.45) is 1.49. The average molecular weight is 212 g/mol. The van der Waals surface area contributed by atoms with Gasteiger partial charge in [-0.1, -0.05) is 6.42 Å². The van der Waals surface area contributed by atoms with Gasteiger partial charge in [-0.3, -0.25) is 4.79 Å². The molecular weight excluding hydrogens is 202 g/mol. The predicted molar refractivity (Wildman–Crippen MR) is 49.5 cm³/mol. The van der Waals surface area contributed by atoms with Gasteiger partial charge in [-0.05, 0) is 31.0 Å². The molecule has 0 aromatic heterocycles. The fourth-order valence-electron chi connectivity index (χ4n) is 1.99. The lowest BCUT2D eigenvalue weighted by molar-refractivity contribution is -0.147. The molecule has 0 bridgehead atoms. The summed E-state index contributed by atoms with van der Waals surface area (Å²) in [5.74, 6) is -2.31. The van der Waals surface area contributed by atoms with E-state index in [2.05, 4.69) is 0 Å². The van der Waals surface area contributed by atoms with Gasteiger partial charge in [0.05, 0.1) is 5.41 Å². The summed E-state index contributed by atoms with van der Waals surface area (Å²) >= 11 is 0. The van der Waals surface area contributed by atoms with E-state index in [0.29, 0.717) is 12.8 Å². The second kappa shape index (κ2) is 3.29. The Morgan fingerprint density at radius 2 is 2.00 bits per heavy atom. The van der Waals surface area contributed by atoms with E-state index in [9.17, 15) is 13.6 Å². The first-order chi connectivity index (χ1) is 7.06. The van der Waals surface area contributed by atoms with E-state index < -0.39 is 23.0 Å². The fourth-order valence-corrected chi connectivity index (χ4v) is 1.99. The summed E-state index contributed by atoms with van der Waals surface area (Å²) in [6.45, 7) is 0. The molecule has 0 atom stereocenters. The zero-order chi connectivity index (χ0) is 11.1. The van der Waals surface area contributed by atoms with Gasteiger partial charge in [-0.25, -0.2) is 8.78 Å². The molecule has 0 aliphatic heterocycles. The lowest BCUT2D eigenvalue weighted by Crippen LogP contribution is -2.43. The van der Waals surface area contributed by atoms with Crippen molar-refractivity contribution in [3.63, 3.8) is 0 Å². The molecule has 1 aromatic carbocycles. The summed E-state index contributed by atoms with van der Waals surface area (Å²) in [5.41, 5.74) is -1.23. The van der Waals surface area contributed by atoms with Crippen molar-refractivity contribution in [2.45, 2.75) is 24.7 Å². The Labute approximate surface area is 85.5 Å². The van der Waals surface area contributed by atoms with E-state index >= 15 is 0 Å². The summed E-state index contributed by atoms with van der Waals surface area (Å²) in [5, 5.41) is 9.06. The number of halogens is 2. The Hall–Kier alpha value is -1.45. The smallest absolute Gasteiger partial charge is 0.314 e. The molecule has 1 aliphatic rings. The molecule has 1 aliphatic carbocycles. The first-order valence-corrected chi connectivity index (χ1v) is 4.75. The zero-order valence-electron chi connectivity index (χ0n) is 7.96. The minimum Gasteiger partial charge on any atom is -0.481 e. The number of hydrogen-bond acceptors (Lipinski definition) is 1. The summed E-state index contributed by atoms with van der Waals surface area (Å²) < 4.78 is 26.4. The number of rotatable bonds is 2. The highest BCUT2D eigenvalue weighted by Crippen LogP contribution is 2.45. The van der Waals surface area contributed by atoms with Crippen LogP contribution in [0.5, 0.6) is 0 Å². The second-order valence-electron chi connectivity index (χ2n) is 3.86. The van der Waals surface area contributed by atoms with Crippen LogP contribution in [-0.4, -0.2) is 11.1 Å². The van der Waals surface area contributed by atoms with Crippen molar-refractivity contribution in [2.75, 3.05) is 0 Å².